The van der Waals surface area contributed by atoms with Gasteiger partial charge in [0.05, 0.1) is 5.54 Å². The fourth-order valence-electron chi connectivity index (χ4n) is 6.51. The van der Waals surface area contributed by atoms with Crippen LogP contribution in [0.4, 0.5) is 9.59 Å². The van der Waals surface area contributed by atoms with Crippen molar-refractivity contribution >= 4 is 29.8 Å². The van der Waals surface area contributed by atoms with E-state index in [1.165, 1.54) is 43.9 Å². The first-order chi connectivity index (χ1) is 19.2. The number of ether oxygens (including phenoxy) is 2. The summed E-state index contributed by atoms with van der Waals surface area (Å²) in [6.45, 7) is 13.6. The van der Waals surface area contributed by atoms with Gasteiger partial charge in [-0.15, -0.1) is 11.8 Å². The molecule has 1 heterocycles. The van der Waals surface area contributed by atoms with Crippen LogP contribution in [0, 0.1) is 23.7 Å². The van der Waals surface area contributed by atoms with Crippen molar-refractivity contribution in [1.29, 1.82) is 0 Å². The van der Waals surface area contributed by atoms with Crippen molar-refractivity contribution in [2.75, 3.05) is 19.7 Å². The molecule has 11 nitrogen and oxygen atoms in total. The van der Waals surface area contributed by atoms with Crippen molar-refractivity contribution in [3.05, 3.63) is 5.76 Å². The Hall–Kier alpha value is -2.63. The van der Waals surface area contributed by atoms with Gasteiger partial charge in [-0.3, -0.25) is 4.79 Å². The van der Waals surface area contributed by atoms with Gasteiger partial charge < -0.3 is 35.3 Å². The highest BCUT2D eigenvalue weighted by Crippen LogP contribution is 2.53. The zero-order chi connectivity index (χ0) is 29.9. The largest absolute Gasteiger partial charge is 0.472 e. The van der Waals surface area contributed by atoms with Crippen molar-refractivity contribution < 1.29 is 28.4 Å². The molecule has 0 aromatic carbocycles. The lowest BCUT2D eigenvalue weighted by atomic mass is 9.54. The predicted octanol–water partition coefficient (Wildman–Crippen LogP) is 4.71. The SMILES string of the molecule is CC(C)Sc1c(OCC(C)(C)NC(=O)NCCNC(=O)OC(C)(C)C)noc1C(=O)NC1C2CC3CC(C2)CC1C3. The quantitative estimate of drug-likeness (QED) is 0.213. The Balaban J connectivity index is 1.28. The number of hydrogen-bond acceptors (Lipinski definition) is 8. The van der Waals surface area contributed by atoms with E-state index in [1.807, 2.05) is 27.7 Å². The molecule has 1 aromatic heterocycles. The fourth-order valence-corrected chi connectivity index (χ4v) is 7.42. The van der Waals surface area contributed by atoms with Gasteiger partial charge in [-0.1, -0.05) is 13.8 Å². The van der Waals surface area contributed by atoms with E-state index in [4.69, 9.17) is 14.0 Å². The standard InChI is InChI=1S/C29H47N5O6S/c1-16(2)41-23-22(24(35)32-21-19-11-17-10-18(13-19)14-20(21)12-17)40-34-25(23)38-15-29(6,7)33-26(36)30-8-9-31-27(37)39-28(3,4)5/h16-21H,8-15H2,1-7H3,(H,31,37)(H,32,35)(H2,30,33,36). The number of amides is 4. The van der Waals surface area contributed by atoms with Crippen molar-refractivity contribution in [3.63, 3.8) is 0 Å². The van der Waals surface area contributed by atoms with E-state index >= 15 is 0 Å². The number of nitrogens with one attached hydrogen (secondary N) is 4. The third-order valence-corrected chi connectivity index (χ3v) is 8.87. The van der Waals surface area contributed by atoms with Gasteiger partial charge >= 0.3 is 12.1 Å². The summed E-state index contributed by atoms with van der Waals surface area (Å²) in [5.74, 6) is 2.98. The van der Waals surface area contributed by atoms with Crippen molar-refractivity contribution in [1.82, 2.24) is 26.4 Å². The van der Waals surface area contributed by atoms with Crippen molar-refractivity contribution in [3.8, 4) is 5.88 Å². The van der Waals surface area contributed by atoms with Gasteiger partial charge in [-0.05, 0) is 95.6 Å². The Morgan fingerprint density at radius 2 is 1.59 bits per heavy atom. The smallest absolute Gasteiger partial charge is 0.407 e. The minimum absolute atomic E-state index is 0.103. The van der Waals surface area contributed by atoms with Crippen LogP contribution in [0.3, 0.4) is 0 Å². The first kappa shape index (κ1) is 31.3. The Bertz CT molecular complexity index is 1070. The Morgan fingerprint density at radius 1 is 0.976 bits per heavy atom. The highest BCUT2D eigenvalue weighted by atomic mass is 32.2. The zero-order valence-corrected chi connectivity index (χ0v) is 26.2. The Morgan fingerprint density at radius 3 is 2.17 bits per heavy atom. The molecule has 0 spiro atoms. The van der Waals surface area contributed by atoms with Gasteiger partial charge in [0.15, 0.2) is 0 Å². The summed E-state index contributed by atoms with van der Waals surface area (Å²) in [5, 5.41) is 15.7. The Kier molecular flexibility index (Phi) is 9.70. The number of aromatic nitrogens is 1. The second-order valence-electron chi connectivity index (χ2n) is 13.7. The van der Waals surface area contributed by atoms with E-state index in [2.05, 4.69) is 26.4 Å². The summed E-state index contributed by atoms with van der Waals surface area (Å²) < 4.78 is 16.7. The van der Waals surface area contributed by atoms with E-state index in [-0.39, 0.29) is 48.5 Å². The van der Waals surface area contributed by atoms with E-state index in [0.29, 0.717) is 16.7 Å². The molecule has 4 saturated carbocycles. The molecule has 4 aliphatic rings. The zero-order valence-electron chi connectivity index (χ0n) is 25.4. The molecule has 0 atom stereocenters. The van der Waals surface area contributed by atoms with Crippen LogP contribution in [0.5, 0.6) is 5.88 Å². The number of nitrogens with zero attached hydrogens (tertiary/aromatic N) is 1. The minimum atomic E-state index is -0.760. The van der Waals surface area contributed by atoms with Crippen LogP contribution >= 0.6 is 11.8 Å². The molecule has 230 valence electrons. The molecular formula is C29H47N5O6S. The highest BCUT2D eigenvalue weighted by Gasteiger charge is 2.49. The third kappa shape index (κ3) is 8.68. The maximum atomic E-state index is 13.4. The Labute approximate surface area is 247 Å². The average Bonchev–Trinajstić information content (AvgIpc) is 3.23. The number of thioether (sulfide) groups is 1. The molecule has 0 saturated heterocycles. The summed E-state index contributed by atoms with van der Waals surface area (Å²) >= 11 is 1.47. The second-order valence-corrected chi connectivity index (χ2v) is 15.3. The van der Waals surface area contributed by atoms with Crippen LogP contribution in [0.2, 0.25) is 0 Å². The molecule has 0 aliphatic heterocycles. The third-order valence-electron chi connectivity index (χ3n) is 7.81. The normalized spacial score (nSPS) is 25.1. The number of carbonyl (C=O) groups is 3. The summed E-state index contributed by atoms with van der Waals surface area (Å²) in [6, 6.07) is -0.208. The molecule has 4 amide bonds. The van der Waals surface area contributed by atoms with Gasteiger partial charge in [0.1, 0.15) is 17.1 Å². The molecule has 4 N–H and O–H groups in total. The molecule has 0 unspecified atom stereocenters. The molecule has 12 heteroatoms. The first-order valence-electron chi connectivity index (χ1n) is 14.8. The molecule has 4 bridgehead atoms. The lowest BCUT2D eigenvalue weighted by molar-refractivity contribution is -0.0124. The predicted molar refractivity (Wildman–Crippen MR) is 156 cm³/mol. The number of alkyl carbamates (subject to hydrolysis) is 1. The molecule has 0 radical (unpaired) electrons. The topological polar surface area (TPSA) is 144 Å². The molecule has 5 rings (SSSR count). The summed E-state index contributed by atoms with van der Waals surface area (Å²) in [5.41, 5.74) is -1.35. The van der Waals surface area contributed by atoms with Gasteiger partial charge in [-0.2, -0.15) is 0 Å². The van der Waals surface area contributed by atoms with Crippen molar-refractivity contribution in [2.45, 2.75) is 108 Å². The minimum Gasteiger partial charge on any atom is -0.472 e. The van der Waals surface area contributed by atoms with Gasteiger partial charge in [0, 0.05) is 24.4 Å². The van der Waals surface area contributed by atoms with E-state index in [9.17, 15) is 14.4 Å². The monoisotopic (exact) mass is 593 g/mol. The molecule has 4 fully saturated rings. The number of urea groups is 1. The van der Waals surface area contributed by atoms with Crippen LogP contribution in [0.15, 0.2) is 9.42 Å². The lowest BCUT2D eigenvalue weighted by Crippen LogP contribution is -2.55. The maximum Gasteiger partial charge on any atom is 0.407 e. The second kappa shape index (κ2) is 12.7. The number of rotatable bonds is 11. The molecule has 1 aromatic rings. The summed E-state index contributed by atoms with van der Waals surface area (Å²) in [6.07, 6.45) is 5.68. The molecular weight excluding hydrogens is 546 g/mol. The maximum absolute atomic E-state index is 13.4. The highest BCUT2D eigenvalue weighted by molar-refractivity contribution is 8.00. The van der Waals surface area contributed by atoms with Crippen molar-refractivity contribution in [2.24, 2.45) is 23.7 Å². The average molecular weight is 594 g/mol. The van der Waals surface area contributed by atoms with Gasteiger partial charge in [0.2, 0.25) is 5.76 Å². The van der Waals surface area contributed by atoms with Gasteiger partial charge in [0.25, 0.3) is 11.8 Å². The van der Waals surface area contributed by atoms with Crippen LogP contribution in [-0.2, 0) is 4.74 Å². The van der Waals surface area contributed by atoms with Crippen LogP contribution in [-0.4, -0.2) is 65.3 Å². The van der Waals surface area contributed by atoms with Crippen LogP contribution < -0.4 is 26.0 Å². The number of hydrogen-bond donors (Lipinski definition) is 4. The van der Waals surface area contributed by atoms with Gasteiger partial charge in [-0.25, -0.2) is 9.59 Å². The number of carbonyl (C=O) groups excluding carboxylic acids is 3. The van der Waals surface area contributed by atoms with E-state index < -0.39 is 23.3 Å². The van der Waals surface area contributed by atoms with Crippen LogP contribution in [0.25, 0.3) is 0 Å². The summed E-state index contributed by atoms with van der Waals surface area (Å²) in [7, 11) is 0. The first-order valence-corrected chi connectivity index (χ1v) is 15.7. The molecule has 41 heavy (non-hydrogen) atoms. The fraction of sp³-hybridized carbons (Fsp3) is 0.793. The molecule has 4 aliphatic carbocycles. The lowest BCUT2D eigenvalue weighted by Gasteiger charge is -2.54. The van der Waals surface area contributed by atoms with E-state index in [0.717, 1.165) is 11.8 Å². The van der Waals surface area contributed by atoms with E-state index in [1.54, 1.807) is 20.8 Å². The summed E-state index contributed by atoms with van der Waals surface area (Å²) in [4.78, 5) is 38.2. The van der Waals surface area contributed by atoms with Crippen LogP contribution in [0.1, 0.15) is 91.1 Å².